The molecule has 134 valence electrons. The maximum absolute atomic E-state index is 13.1. The number of carbonyl (C=O) groups is 1. The van der Waals surface area contributed by atoms with Gasteiger partial charge in [0.05, 0.1) is 29.1 Å². The van der Waals surface area contributed by atoms with E-state index < -0.39 is 0 Å². The lowest BCUT2D eigenvalue weighted by Gasteiger charge is -2.18. The molecule has 5 heteroatoms. The molecule has 5 nitrogen and oxygen atoms in total. The highest BCUT2D eigenvalue weighted by Crippen LogP contribution is 2.24. The van der Waals surface area contributed by atoms with Gasteiger partial charge in [-0.25, -0.2) is 9.97 Å². The van der Waals surface area contributed by atoms with E-state index in [4.69, 9.17) is 0 Å². The van der Waals surface area contributed by atoms with E-state index in [9.17, 15) is 4.79 Å². The number of aromatic amines is 1. The molecule has 2 aromatic carbocycles. The molecule has 0 aliphatic rings. The van der Waals surface area contributed by atoms with Gasteiger partial charge in [-0.15, -0.1) is 0 Å². The largest absolute Gasteiger partial charge is 0.345 e. The molecule has 2 N–H and O–H groups in total. The van der Waals surface area contributed by atoms with Crippen molar-refractivity contribution >= 4 is 17.1 Å². The van der Waals surface area contributed by atoms with Crippen LogP contribution >= 0.6 is 0 Å². The van der Waals surface area contributed by atoms with Crippen molar-refractivity contribution in [3.8, 4) is 11.3 Å². The van der Waals surface area contributed by atoms with Crippen LogP contribution in [-0.4, -0.2) is 20.9 Å². The molecule has 0 aliphatic carbocycles. The maximum atomic E-state index is 13.1. The van der Waals surface area contributed by atoms with Crippen molar-refractivity contribution in [1.29, 1.82) is 0 Å². The van der Waals surface area contributed by atoms with Crippen LogP contribution in [0.3, 0.4) is 0 Å². The summed E-state index contributed by atoms with van der Waals surface area (Å²) in [5.41, 5.74) is 4.50. The van der Waals surface area contributed by atoms with Crippen molar-refractivity contribution in [2.45, 2.75) is 19.4 Å². The van der Waals surface area contributed by atoms with Crippen molar-refractivity contribution in [2.75, 3.05) is 0 Å². The smallest absolute Gasteiger partial charge is 0.254 e. The first kappa shape index (κ1) is 17.0. The number of imidazole rings is 1. The summed E-state index contributed by atoms with van der Waals surface area (Å²) >= 11 is 0. The average molecular weight is 356 g/mol. The second-order valence-corrected chi connectivity index (χ2v) is 6.37. The van der Waals surface area contributed by atoms with Gasteiger partial charge in [-0.3, -0.25) is 4.79 Å². The number of amides is 1. The minimum Gasteiger partial charge on any atom is -0.345 e. The predicted molar refractivity (Wildman–Crippen MR) is 106 cm³/mol. The Balaban J connectivity index is 1.72. The summed E-state index contributed by atoms with van der Waals surface area (Å²) in [6.07, 6.45) is 2.37. The monoisotopic (exact) mass is 356 g/mol. The fraction of sp³-hybridized carbons (Fsp3) is 0.136. The number of nitrogens with one attached hydrogen (secondary N) is 2. The third kappa shape index (κ3) is 3.44. The summed E-state index contributed by atoms with van der Waals surface area (Å²) in [5, 5.41) is 3.15. The Kier molecular flexibility index (Phi) is 4.66. The number of benzene rings is 2. The molecule has 4 rings (SSSR count). The molecule has 0 aliphatic heterocycles. The van der Waals surface area contributed by atoms with Gasteiger partial charge < -0.3 is 10.3 Å². The number of hydrogen-bond donors (Lipinski definition) is 2. The Morgan fingerprint density at radius 2 is 1.78 bits per heavy atom. The number of rotatable bonds is 5. The zero-order valence-electron chi connectivity index (χ0n) is 15.0. The van der Waals surface area contributed by atoms with E-state index in [1.807, 2.05) is 66.7 Å². The molecule has 2 aromatic heterocycles. The lowest BCUT2D eigenvalue weighted by molar-refractivity contribution is 0.0937. The van der Waals surface area contributed by atoms with E-state index in [0.717, 1.165) is 23.2 Å². The van der Waals surface area contributed by atoms with E-state index in [1.165, 1.54) is 0 Å². The SMILES string of the molecule is CC[C@H](NC(=O)c1cc(-c2ccccc2)nc2nc[nH]c12)c1ccccc1. The molecule has 0 fully saturated rings. The van der Waals surface area contributed by atoms with Gasteiger partial charge in [0.15, 0.2) is 5.65 Å². The molecular formula is C22H20N4O. The van der Waals surface area contributed by atoms with Gasteiger partial charge >= 0.3 is 0 Å². The van der Waals surface area contributed by atoms with Crippen LogP contribution in [-0.2, 0) is 0 Å². The fourth-order valence-corrected chi connectivity index (χ4v) is 3.20. The zero-order chi connectivity index (χ0) is 18.6. The molecule has 2 heterocycles. The minimum absolute atomic E-state index is 0.0509. The van der Waals surface area contributed by atoms with Crippen LogP contribution in [0.15, 0.2) is 73.1 Å². The summed E-state index contributed by atoms with van der Waals surface area (Å²) in [6.45, 7) is 2.06. The maximum Gasteiger partial charge on any atom is 0.254 e. The van der Waals surface area contributed by atoms with Crippen LogP contribution in [0.1, 0.15) is 35.3 Å². The first-order chi connectivity index (χ1) is 13.3. The van der Waals surface area contributed by atoms with E-state index in [1.54, 1.807) is 6.33 Å². The number of nitrogens with zero attached hydrogens (tertiary/aromatic N) is 2. The lowest BCUT2D eigenvalue weighted by atomic mass is 10.0. The van der Waals surface area contributed by atoms with Crippen molar-refractivity contribution < 1.29 is 4.79 Å². The fourth-order valence-electron chi connectivity index (χ4n) is 3.20. The Morgan fingerprint density at radius 1 is 1.07 bits per heavy atom. The van der Waals surface area contributed by atoms with Crippen molar-refractivity contribution in [3.05, 3.63) is 84.2 Å². The Labute approximate surface area is 157 Å². The van der Waals surface area contributed by atoms with E-state index >= 15 is 0 Å². The van der Waals surface area contributed by atoms with Crippen LogP contribution in [0.25, 0.3) is 22.4 Å². The molecular weight excluding hydrogens is 336 g/mol. The van der Waals surface area contributed by atoms with Gasteiger partial charge in [-0.05, 0) is 18.1 Å². The molecule has 0 spiro atoms. The van der Waals surface area contributed by atoms with Crippen LogP contribution in [0.4, 0.5) is 0 Å². The molecule has 1 amide bonds. The molecule has 27 heavy (non-hydrogen) atoms. The van der Waals surface area contributed by atoms with Crippen LogP contribution in [0, 0.1) is 0 Å². The quantitative estimate of drug-likeness (QED) is 0.553. The number of hydrogen-bond acceptors (Lipinski definition) is 3. The minimum atomic E-state index is -0.139. The number of pyridine rings is 1. The summed E-state index contributed by atoms with van der Waals surface area (Å²) in [5.74, 6) is -0.139. The second-order valence-electron chi connectivity index (χ2n) is 6.37. The molecule has 4 aromatic rings. The van der Waals surface area contributed by atoms with Gasteiger partial charge in [0.25, 0.3) is 5.91 Å². The highest BCUT2D eigenvalue weighted by atomic mass is 16.1. The summed E-state index contributed by atoms with van der Waals surface area (Å²) in [7, 11) is 0. The van der Waals surface area contributed by atoms with Crippen molar-refractivity contribution in [3.63, 3.8) is 0 Å². The Bertz CT molecular complexity index is 1060. The number of H-pyrrole nitrogens is 1. The van der Waals surface area contributed by atoms with E-state index in [-0.39, 0.29) is 11.9 Å². The summed E-state index contributed by atoms with van der Waals surface area (Å²) in [4.78, 5) is 25.0. The van der Waals surface area contributed by atoms with Crippen molar-refractivity contribution in [2.24, 2.45) is 0 Å². The van der Waals surface area contributed by atoms with E-state index in [0.29, 0.717) is 16.7 Å². The molecule has 0 unspecified atom stereocenters. The average Bonchev–Trinajstić information content (AvgIpc) is 3.21. The predicted octanol–water partition coefficient (Wildman–Crippen LogP) is 4.51. The highest BCUT2D eigenvalue weighted by Gasteiger charge is 2.19. The van der Waals surface area contributed by atoms with E-state index in [2.05, 4.69) is 27.2 Å². The van der Waals surface area contributed by atoms with Gasteiger partial charge in [-0.2, -0.15) is 0 Å². The number of carbonyl (C=O) groups excluding carboxylic acids is 1. The van der Waals surface area contributed by atoms with Gasteiger partial charge in [0.2, 0.25) is 0 Å². The normalized spacial score (nSPS) is 12.0. The second kappa shape index (κ2) is 7.41. The molecule has 0 bridgehead atoms. The third-order valence-corrected chi connectivity index (χ3v) is 4.63. The standard InChI is InChI=1S/C22H20N4O/c1-2-18(15-9-5-3-6-10-15)26-22(27)17-13-19(16-11-7-4-8-12-16)25-21-20(17)23-14-24-21/h3-14,18H,2H2,1H3,(H,26,27)(H,23,24,25)/t18-/m0/s1. The molecule has 0 saturated carbocycles. The lowest BCUT2D eigenvalue weighted by Crippen LogP contribution is -2.28. The molecule has 1 atom stereocenters. The highest BCUT2D eigenvalue weighted by molar-refractivity contribution is 6.05. The number of aromatic nitrogens is 3. The van der Waals surface area contributed by atoms with Crippen molar-refractivity contribution in [1.82, 2.24) is 20.3 Å². The first-order valence-corrected chi connectivity index (χ1v) is 9.01. The number of fused-ring (bicyclic) bond motifs is 1. The zero-order valence-corrected chi connectivity index (χ0v) is 15.0. The summed E-state index contributed by atoms with van der Waals surface area (Å²) < 4.78 is 0. The van der Waals surface area contributed by atoms with Crippen LogP contribution < -0.4 is 5.32 Å². The molecule has 0 radical (unpaired) electrons. The molecule has 0 saturated heterocycles. The first-order valence-electron chi connectivity index (χ1n) is 9.01. The van der Waals surface area contributed by atoms with Crippen LogP contribution in [0.2, 0.25) is 0 Å². The Morgan fingerprint density at radius 3 is 2.48 bits per heavy atom. The topological polar surface area (TPSA) is 70.7 Å². The summed E-state index contributed by atoms with van der Waals surface area (Å²) in [6, 6.07) is 21.6. The third-order valence-electron chi connectivity index (χ3n) is 4.63. The van der Waals surface area contributed by atoms with Crippen LogP contribution in [0.5, 0.6) is 0 Å². The Hall–Kier alpha value is -3.47. The van der Waals surface area contributed by atoms with Gasteiger partial charge in [0.1, 0.15) is 0 Å². The van der Waals surface area contributed by atoms with Gasteiger partial charge in [-0.1, -0.05) is 67.6 Å². The van der Waals surface area contributed by atoms with Gasteiger partial charge in [0, 0.05) is 5.56 Å².